The lowest BCUT2D eigenvalue weighted by Gasteiger charge is -2.11. The molecule has 0 saturated carbocycles. The Hall–Kier alpha value is -1.05. The lowest BCUT2D eigenvalue weighted by molar-refractivity contribution is -0.137. The summed E-state index contributed by atoms with van der Waals surface area (Å²) in [6.07, 6.45) is 21.5. The molecule has 164 valence electrons. The molecule has 0 aromatic rings. The summed E-state index contributed by atoms with van der Waals surface area (Å²) in [5.74, 6) is 0.602. The highest BCUT2D eigenvalue weighted by atomic mass is 16.4. The van der Waals surface area contributed by atoms with Crippen molar-refractivity contribution in [3.63, 3.8) is 0 Å². The Bertz CT molecular complexity index is 447. The molecule has 0 fully saturated rings. The summed E-state index contributed by atoms with van der Waals surface area (Å²) in [6, 6.07) is 0. The van der Waals surface area contributed by atoms with Gasteiger partial charge in [0.2, 0.25) is 0 Å². The van der Waals surface area contributed by atoms with Crippen molar-refractivity contribution in [2.75, 3.05) is 0 Å². The van der Waals surface area contributed by atoms with E-state index in [9.17, 15) is 4.79 Å². The zero-order valence-electron chi connectivity index (χ0n) is 19.6. The minimum absolute atomic E-state index is 0.310. The van der Waals surface area contributed by atoms with Crippen LogP contribution in [0.5, 0.6) is 0 Å². The molecule has 0 unspecified atom stereocenters. The van der Waals surface area contributed by atoms with Gasteiger partial charge in [-0.25, -0.2) is 0 Å². The first-order valence-corrected chi connectivity index (χ1v) is 11.9. The normalized spacial score (nSPS) is 14.9. The van der Waals surface area contributed by atoms with Crippen LogP contribution in [0.2, 0.25) is 0 Å². The van der Waals surface area contributed by atoms with Crippen LogP contribution in [-0.4, -0.2) is 11.1 Å². The Morgan fingerprint density at radius 1 is 0.750 bits per heavy atom. The first kappa shape index (κ1) is 27.0. The first-order valence-electron chi connectivity index (χ1n) is 11.9. The summed E-state index contributed by atoms with van der Waals surface area (Å²) in [6.45, 7) is 11.4. The predicted molar refractivity (Wildman–Crippen MR) is 124 cm³/mol. The van der Waals surface area contributed by atoms with Gasteiger partial charge in [0, 0.05) is 6.42 Å². The van der Waals surface area contributed by atoms with Gasteiger partial charge in [-0.05, 0) is 51.4 Å². The molecular weight excluding hydrogens is 344 g/mol. The summed E-state index contributed by atoms with van der Waals surface area (Å²) < 4.78 is 0. The van der Waals surface area contributed by atoms with Gasteiger partial charge in [-0.2, -0.15) is 0 Å². The molecular formula is C26H48O2. The fourth-order valence-corrected chi connectivity index (χ4v) is 4.04. The third kappa shape index (κ3) is 18.3. The van der Waals surface area contributed by atoms with Crippen LogP contribution < -0.4 is 0 Å². The SMILES string of the molecule is CCCCCCCCC[C@@H](C)/C=C(/C)C/C(C)=C/[C@@H](C)CCCCCC(=O)O. The van der Waals surface area contributed by atoms with Crippen molar-refractivity contribution >= 4 is 5.97 Å². The van der Waals surface area contributed by atoms with Crippen LogP contribution in [0, 0.1) is 11.8 Å². The maximum Gasteiger partial charge on any atom is 0.303 e. The summed E-state index contributed by atoms with van der Waals surface area (Å²) in [5, 5.41) is 8.67. The number of unbranched alkanes of at least 4 members (excludes halogenated alkanes) is 8. The lowest BCUT2D eigenvalue weighted by Crippen LogP contribution is -1.96. The van der Waals surface area contributed by atoms with Crippen molar-refractivity contribution in [3.8, 4) is 0 Å². The van der Waals surface area contributed by atoms with Gasteiger partial charge >= 0.3 is 5.97 Å². The molecule has 0 saturated heterocycles. The number of carbonyl (C=O) groups is 1. The van der Waals surface area contributed by atoms with E-state index in [1.807, 2.05) is 0 Å². The zero-order valence-corrected chi connectivity index (χ0v) is 19.6. The molecule has 0 aliphatic rings. The average Bonchev–Trinajstić information content (AvgIpc) is 2.59. The summed E-state index contributed by atoms with van der Waals surface area (Å²) in [4.78, 5) is 10.5. The quantitative estimate of drug-likeness (QED) is 0.187. The van der Waals surface area contributed by atoms with Gasteiger partial charge in [0.1, 0.15) is 0 Å². The van der Waals surface area contributed by atoms with Gasteiger partial charge in [-0.3, -0.25) is 4.79 Å². The van der Waals surface area contributed by atoms with Gasteiger partial charge in [0.05, 0.1) is 0 Å². The van der Waals surface area contributed by atoms with E-state index < -0.39 is 5.97 Å². The van der Waals surface area contributed by atoms with Crippen LogP contribution in [-0.2, 0) is 4.79 Å². The summed E-state index contributed by atoms with van der Waals surface area (Å²) in [5.41, 5.74) is 2.97. The minimum Gasteiger partial charge on any atom is -0.481 e. The number of aliphatic carboxylic acids is 1. The molecule has 0 aliphatic carbocycles. The Labute approximate surface area is 175 Å². The van der Waals surface area contributed by atoms with Crippen LogP contribution in [0.25, 0.3) is 0 Å². The van der Waals surface area contributed by atoms with Gasteiger partial charge in [0.15, 0.2) is 0 Å². The smallest absolute Gasteiger partial charge is 0.303 e. The van der Waals surface area contributed by atoms with Gasteiger partial charge in [-0.15, -0.1) is 0 Å². The van der Waals surface area contributed by atoms with Crippen molar-refractivity contribution in [3.05, 3.63) is 23.3 Å². The Morgan fingerprint density at radius 3 is 1.64 bits per heavy atom. The van der Waals surface area contributed by atoms with Crippen LogP contribution >= 0.6 is 0 Å². The molecule has 0 heterocycles. The van der Waals surface area contributed by atoms with E-state index in [0.29, 0.717) is 18.3 Å². The molecule has 28 heavy (non-hydrogen) atoms. The molecule has 0 amide bonds. The Kier molecular flexibility index (Phi) is 17.3. The van der Waals surface area contributed by atoms with Crippen molar-refractivity contribution < 1.29 is 9.90 Å². The van der Waals surface area contributed by atoms with E-state index in [1.165, 1.54) is 62.5 Å². The molecule has 0 radical (unpaired) electrons. The van der Waals surface area contributed by atoms with E-state index in [1.54, 1.807) is 0 Å². The largest absolute Gasteiger partial charge is 0.481 e. The van der Waals surface area contributed by atoms with Crippen LogP contribution in [0.1, 0.15) is 125 Å². The van der Waals surface area contributed by atoms with Crippen molar-refractivity contribution in [2.45, 2.75) is 125 Å². The average molecular weight is 393 g/mol. The molecule has 0 bridgehead atoms. The van der Waals surface area contributed by atoms with E-state index in [0.717, 1.165) is 32.1 Å². The minimum atomic E-state index is -0.674. The van der Waals surface area contributed by atoms with Crippen molar-refractivity contribution in [1.29, 1.82) is 0 Å². The number of rotatable bonds is 18. The molecule has 0 spiro atoms. The van der Waals surface area contributed by atoms with Gasteiger partial charge in [-0.1, -0.05) is 102 Å². The summed E-state index contributed by atoms with van der Waals surface area (Å²) >= 11 is 0. The van der Waals surface area contributed by atoms with E-state index in [-0.39, 0.29) is 0 Å². The van der Waals surface area contributed by atoms with Gasteiger partial charge in [0.25, 0.3) is 0 Å². The second-order valence-electron chi connectivity index (χ2n) is 9.06. The Morgan fingerprint density at radius 2 is 1.18 bits per heavy atom. The molecule has 2 nitrogen and oxygen atoms in total. The third-order valence-corrected chi connectivity index (χ3v) is 5.51. The highest BCUT2D eigenvalue weighted by Crippen LogP contribution is 2.20. The summed E-state index contributed by atoms with van der Waals surface area (Å²) in [7, 11) is 0. The first-order chi connectivity index (χ1) is 13.3. The number of hydrogen-bond donors (Lipinski definition) is 1. The lowest BCUT2D eigenvalue weighted by atomic mass is 9.95. The van der Waals surface area contributed by atoms with Gasteiger partial charge < -0.3 is 5.11 Å². The zero-order chi connectivity index (χ0) is 21.2. The predicted octanol–water partition coefficient (Wildman–Crippen LogP) is 8.72. The second-order valence-corrected chi connectivity index (χ2v) is 9.06. The van der Waals surface area contributed by atoms with Crippen LogP contribution in [0.3, 0.4) is 0 Å². The van der Waals surface area contributed by atoms with E-state index in [4.69, 9.17) is 5.11 Å². The fourth-order valence-electron chi connectivity index (χ4n) is 4.04. The molecule has 0 aromatic carbocycles. The number of carboxylic acid groups (broad SMARTS) is 1. The number of carboxylic acids is 1. The molecule has 0 aromatic heterocycles. The number of hydrogen-bond acceptors (Lipinski definition) is 1. The monoisotopic (exact) mass is 392 g/mol. The maximum absolute atomic E-state index is 10.5. The van der Waals surface area contributed by atoms with Crippen molar-refractivity contribution in [2.24, 2.45) is 11.8 Å². The van der Waals surface area contributed by atoms with Crippen LogP contribution in [0.15, 0.2) is 23.3 Å². The topological polar surface area (TPSA) is 37.3 Å². The van der Waals surface area contributed by atoms with Crippen LogP contribution in [0.4, 0.5) is 0 Å². The van der Waals surface area contributed by atoms with E-state index in [2.05, 4.69) is 46.8 Å². The number of allylic oxidation sites excluding steroid dienone is 4. The second kappa shape index (κ2) is 18.0. The Balaban J connectivity index is 3.97. The molecule has 2 heteroatoms. The molecule has 2 atom stereocenters. The maximum atomic E-state index is 10.5. The highest BCUT2D eigenvalue weighted by molar-refractivity contribution is 5.66. The third-order valence-electron chi connectivity index (χ3n) is 5.51. The molecule has 1 N–H and O–H groups in total. The molecule has 0 rings (SSSR count). The van der Waals surface area contributed by atoms with Crippen molar-refractivity contribution in [1.82, 2.24) is 0 Å². The highest BCUT2D eigenvalue weighted by Gasteiger charge is 2.04. The molecule has 0 aliphatic heterocycles. The fraction of sp³-hybridized carbons (Fsp3) is 0.808. The standard InChI is InChI=1S/C26H48O2/c1-6-7-8-9-10-11-13-16-22(2)19-24(4)21-25(5)20-23(3)17-14-12-15-18-26(27)28/h19-20,22-23H,6-18,21H2,1-5H3,(H,27,28)/b24-19-,25-20+/t22-,23+/m1/s1. The van der Waals surface area contributed by atoms with E-state index >= 15 is 0 Å².